The summed E-state index contributed by atoms with van der Waals surface area (Å²) in [6.07, 6.45) is 0. The van der Waals surface area contributed by atoms with E-state index in [-0.39, 0.29) is 10.7 Å². The van der Waals surface area contributed by atoms with Crippen LogP contribution >= 0.6 is 11.5 Å². The Morgan fingerprint density at radius 3 is 3.30 bits per heavy atom. The maximum Gasteiger partial charge on any atom is 0.143 e. The Hall–Kier alpha value is -0.330. The average Bonchev–Trinajstić information content (AvgIpc) is 2.59. The Labute approximate surface area is 64.9 Å². The largest absolute Gasteiger partial charge is 0.207 e. The second-order valence-corrected chi connectivity index (χ2v) is 4.16. The molecular formula is C4H6N4S2. The van der Waals surface area contributed by atoms with Gasteiger partial charge < -0.3 is 0 Å². The number of aromatic nitrogens is 2. The van der Waals surface area contributed by atoms with Gasteiger partial charge in [0, 0.05) is 17.7 Å². The van der Waals surface area contributed by atoms with Crippen molar-refractivity contribution in [2.24, 2.45) is 4.47 Å². The molecule has 2 rings (SSSR count). The van der Waals surface area contributed by atoms with Crippen LogP contribution in [0.2, 0.25) is 0 Å². The fourth-order valence-corrected chi connectivity index (χ4v) is 2.73. The number of nitrogens with zero attached hydrogens (tertiary/aromatic N) is 3. The van der Waals surface area contributed by atoms with Crippen LogP contribution in [0, 0.1) is 0 Å². The number of hydrogen-bond donors (Lipinski definition) is 1. The molecule has 1 aromatic heterocycles. The van der Waals surface area contributed by atoms with Crippen molar-refractivity contribution in [2.45, 2.75) is 5.03 Å². The first kappa shape index (κ1) is 6.38. The zero-order valence-electron chi connectivity index (χ0n) is 5.15. The van der Waals surface area contributed by atoms with Gasteiger partial charge in [-0.25, -0.2) is 5.43 Å². The predicted molar refractivity (Wildman–Crippen MR) is 40.8 cm³/mol. The zero-order chi connectivity index (χ0) is 6.81. The highest BCUT2D eigenvalue weighted by Gasteiger charge is 2.08. The summed E-state index contributed by atoms with van der Waals surface area (Å²) < 4.78 is 7.94. The van der Waals surface area contributed by atoms with Gasteiger partial charge in [-0.15, -0.1) is 5.10 Å². The first-order valence-corrected chi connectivity index (χ1v) is 5.07. The highest BCUT2D eigenvalue weighted by molar-refractivity contribution is 7.87. The molecule has 1 aromatic rings. The molecule has 0 aromatic carbocycles. The number of rotatable bonds is 1. The van der Waals surface area contributed by atoms with E-state index in [1.165, 1.54) is 11.5 Å². The summed E-state index contributed by atoms with van der Waals surface area (Å²) in [5.74, 6) is 1.07. The van der Waals surface area contributed by atoms with Crippen LogP contribution < -0.4 is 5.43 Å². The Balaban J connectivity index is 2.28. The second kappa shape index (κ2) is 2.73. The van der Waals surface area contributed by atoms with Crippen molar-refractivity contribution in [3.8, 4) is 0 Å². The molecule has 2 heterocycles. The summed E-state index contributed by atoms with van der Waals surface area (Å²) in [5, 5.41) is 6.93. The van der Waals surface area contributed by atoms with E-state index in [4.69, 9.17) is 0 Å². The third kappa shape index (κ3) is 1.09. The summed E-state index contributed by atoms with van der Waals surface area (Å²) in [7, 11) is -0.00887. The minimum Gasteiger partial charge on any atom is -0.207 e. The van der Waals surface area contributed by atoms with Gasteiger partial charge in [0.25, 0.3) is 0 Å². The maximum absolute atomic E-state index is 4.16. The van der Waals surface area contributed by atoms with Crippen LogP contribution in [0.1, 0.15) is 0 Å². The molecule has 0 fully saturated rings. The predicted octanol–water partition coefficient (Wildman–Crippen LogP) is 0.217. The smallest absolute Gasteiger partial charge is 0.143 e. The van der Waals surface area contributed by atoms with Crippen LogP contribution in [0.3, 0.4) is 0 Å². The third-order valence-electron chi connectivity index (χ3n) is 1.16. The van der Waals surface area contributed by atoms with Gasteiger partial charge >= 0.3 is 0 Å². The maximum atomic E-state index is 4.16. The van der Waals surface area contributed by atoms with Crippen molar-refractivity contribution < 1.29 is 0 Å². The lowest BCUT2D eigenvalue weighted by atomic mass is 10.8. The molecule has 1 unspecified atom stereocenters. The molecule has 6 heteroatoms. The molecule has 0 aliphatic carbocycles. The molecule has 1 aliphatic heterocycles. The minimum atomic E-state index is -0.00887. The quantitative estimate of drug-likeness (QED) is 0.662. The van der Waals surface area contributed by atoms with E-state index in [9.17, 15) is 0 Å². The van der Waals surface area contributed by atoms with Crippen LogP contribution in [0.15, 0.2) is 14.9 Å². The van der Waals surface area contributed by atoms with Crippen molar-refractivity contribution in [1.82, 2.24) is 15.0 Å². The zero-order valence-corrected chi connectivity index (χ0v) is 6.78. The Kier molecular flexibility index (Phi) is 1.74. The topological polar surface area (TPSA) is 50.2 Å². The standard InChI is InChI=1S/C4H6N4S2/c1-2-10(8-5-1)4-3-9-7-6-4/h3,5H,1-2H2. The van der Waals surface area contributed by atoms with Gasteiger partial charge in [0.1, 0.15) is 5.03 Å². The van der Waals surface area contributed by atoms with Gasteiger partial charge in [0.05, 0.1) is 0 Å². The van der Waals surface area contributed by atoms with Gasteiger partial charge in [-0.2, -0.15) is 4.47 Å². The van der Waals surface area contributed by atoms with E-state index in [0.29, 0.717) is 0 Å². The Bertz CT molecular complexity index is 242. The number of nitrogens with one attached hydrogen (secondary N) is 1. The molecule has 1 atom stereocenters. The van der Waals surface area contributed by atoms with Crippen molar-refractivity contribution in [3.63, 3.8) is 0 Å². The molecule has 10 heavy (non-hydrogen) atoms. The van der Waals surface area contributed by atoms with E-state index >= 15 is 0 Å². The summed E-state index contributed by atoms with van der Waals surface area (Å²) in [6, 6.07) is 0. The summed E-state index contributed by atoms with van der Waals surface area (Å²) >= 11 is 1.38. The summed E-state index contributed by atoms with van der Waals surface area (Å²) in [4.78, 5) is 0. The van der Waals surface area contributed by atoms with Crippen LogP contribution in [0.4, 0.5) is 0 Å². The molecule has 1 aliphatic rings. The van der Waals surface area contributed by atoms with Crippen molar-refractivity contribution in [2.75, 3.05) is 12.3 Å². The monoisotopic (exact) mass is 174 g/mol. The first-order valence-electron chi connectivity index (χ1n) is 2.88. The molecule has 0 amide bonds. The van der Waals surface area contributed by atoms with E-state index in [0.717, 1.165) is 17.3 Å². The fraction of sp³-hybridized carbons (Fsp3) is 0.500. The van der Waals surface area contributed by atoms with Gasteiger partial charge in [-0.3, -0.25) is 0 Å². The molecule has 0 saturated carbocycles. The van der Waals surface area contributed by atoms with Crippen molar-refractivity contribution >= 4 is 22.2 Å². The van der Waals surface area contributed by atoms with E-state index < -0.39 is 0 Å². The van der Waals surface area contributed by atoms with Gasteiger partial charge in [-0.05, 0) is 22.2 Å². The van der Waals surface area contributed by atoms with E-state index in [1.807, 2.05) is 5.38 Å². The lowest BCUT2D eigenvalue weighted by molar-refractivity contribution is 0.832. The van der Waals surface area contributed by atoms with Crippen LogP contribution in [-0.2, 0) is 10.7 Å². The molecule has 54 valence electrons. The average molecular weight is 174 g/mol. The molecular weight excluding hydrogens is 168 g/mol. The van der Waals surface area contributed by atoms with Gasteiger partial charge in [0.2, 0.25) is 0 Å². The molecule has 4 nitrogen and oxygen atoms in total. The Morgan fingerprint density at radius 1 is 1.70 bits per heavy atom. The Morgan fingerprint density at radius 2 is 2.70 bits per heavy atom. The van der Waals surface area contributed by atoms with Gasteiger partial charge in [0.15, 0.2) is 0 Å². The van der Waals surface area contributed by atoms with Crippen LogP contribution in [0.5, 0.6) is 0 Å². The third-order valence-corrected chi connectivity index (χ3v) is 3.44. The lowest BCUT2D eigenvalue weighted by Gasteiger charge is -1.88. The molecule has 0 saturated heterocycles. The fourth-order valence-electron chi connectivity index (χ4n) is 0.722. The summed E-state index contributed by atoms with van der Waals surface area (Å²) in [5.41, 5.74) is 2.93. The van der Waals surface area contributed by atoms with Crippen molar-refractivity contribution in [3.05, 3.63) is 5.38 Å². The molecule has 0 spiro atoms. The van der Waals surface area contributed by atoms with Crippen molar-refractivity contribution in [1.29, 1.82) is 0 Å². The lowest BCUT2D eigenvalue weighted by Crippen LogP contribution is -2.01. The molecule has 1 N–H and O–H groups in total. The second-order valence-electron chi connectivity index (χ2n) is 1.81. The minimum absolute atomic E-state index is 0.00887. The normalized spacial score (nSPS) is 24.6. The highest BCUT2D eigenvalue weighted by Crippen LogP contribution is 2.08. The van der Waals surface area contributed by atoms with Crippen LogP contribution in [-0.4, -0.2) is 21.9 Å². The van der Waals surface area contributed by atoms with Gasteiger partial charge in [-0.1, -0.05) is 4.49 Å². The first-order chi connectivity index (χ1) is 4.97. The molecule has 0 bridgehead atoms. The van der Waals surface area contributed by atoms with E-state index in [1.54, 1.807) is 0 Å². The summed E-state index contributed by atoms with van der Waals surface area (Å²) in [6.45, 7) is 0.973. The SMILES string of the molecule is c1snnc1S1=NNCC1. The molecule has 0 radical (unpaired) electrons. The van der Waals surface area contributed by atoms with E-state index in [2.05, 4.69) is 19.5 Å². The highest BCUT2D eigenvalue weighted by atomic mass is 32.2. The number of hydrogen-bond acceptors (Lipinski definition) is 5. The van der Waals surface area contributed by atoms with Crippen LogP contribution in [0.25, 0.3) is 0 Å².